The van der Waals surface area contributed by atoms with Gasteiger partial charge in [0.15, 0.2) is 0 Å². The zero-order valence-electron chi connectivity index (χ0n) is 8.83. The summed E-state index contributed by atoms with van der Waals surface area (Å²) in [6.45, 7) is 2.63. The molecule has 1 aromatic rings. The average molecular weight is 228 g/mol. The van der Waals surface area contributed by atoms with Gasteiger partial charge in [0.1, 0.15) is 0 Å². The van der Waals surface area contributed by atoms with Gasteiger partial charge in [-0.15, -0.1) is 0 Å². The lowest BCUT2D eigenvalue weighted by atomic mass is 10.1. The number of hydrogen-bond acceptors (Lipinski definition) is 2. The van der Waals surface area contributed by atoms with E-state index in [1.165, 1.54) is 0 Å². The number of likely N-dealkylation sites (N-methyl/N-ethyl adjacent to an activating group) is 1. The molecule has 4 heteroatoms. The molecule has 0 radical (unpaired) electrons. The molecule has 0 saturated carbocycles. The van der Waals surface area contributed by atoms with Crippen molar-refractivity contribution in [2.24, 2.45) is 0 Å². The zero-order valence-corrected chi connectivity index (χ0v) is 9.58. The summed E-state index contributed by atoms with van der Waals surface area (Å²) in [5.74, 6) is -0.816. The lowest BCUT2D eigenvalue weighted by Gasteiger charge is -2.15. The normalized spacial score (nSPS) is 10.7. The molecule has 0 unspecified atom stereocenters. The molecule has 82 valence electrons. The molecule has 3 nitrogen and oxygen atoms in total. The smallest absolute Gasteiger partial charge is 0.317 e. The molecule has 0 saturated heterocycles. The Morgan fingerprint density at radius 1 is 1.53 bits per heavy atom. The number of carbonyl (C=O) groups is 1. The Balaban J connectivity index is 2.68. The molecule has 0 spiro atoms. The molecule has 0 atom stereocenters. The quantitative estimate of drug-likeness (QED) is 0.857. The summed E-state index contributed by atoms with van der Waals surface area (Å²) in [6.07, 6.45) is 0. The van der Waals surface area contributed by atoms with Crippen molar-refractivity contribution in [2.75, 3.05) is 13.6 Å². The van der Waals surface area contributed by atoms with Crippen LogP contribution in [0.3, 0.4) is 0 Å². The fourth-order valence-electron chi connectivity index (χ4n) is 1.41. The lowest BCUT2D eigenvalue weighted by molar-refractivity contribution is -0.138. The number of rotatable bonds is 4. The van der Waals surface area contributed by atoms with E-state index >= 15 is 0 Å². The minimum Gasteiger partial charge on any atom is -0.480 e. The first-order valence-corrected chi connectivity index (χ1v) is 5.02. The zero-order chi connectivity index (χ0) is 11.4. The van der Waals surface area contributed by atoms with Crippen LogP contribution in [0, 0.1) is 6.92 Å². The van der Waals surface area contributed by atoms with E-state index in [0.717, 1.165) is 11.1 Å². The topological polar surface area (TPSA) is 40.5 Å². The Morgan fingerprint density at radius 2 is 2.20 bits per heavy atom. The first-order valence-electron chi connectivity index (χ1n) is 4.64. The molecule has 15 heavy (non-hydrogen) atoms. The van der Waals surface area contributed by atoms with Crippen molar-refractivity contribution in [2.45, 2.75) is 13.5 Å². The second kappa shape index (κ2) is 5.14. The Labute approximate surface area is 94.3 Å². The summed E-state index contributed by atoms with van der Waals surface area (Å²) < 4.78 is 0. The van der Waals surface area contributed by atoms with Crippen molar-refractivity contribution in [3.63, 3.8) is 0 Å². The van der Waals surface area contributed by atoms with E-state index in [2.05, 4.69) is 0 Å². The highest BCUT2D eigenvalue weighted by Gasteiger charge is 2.06. The van der Waals surface area contributed by atoms with Crippen LogP contribution in [0.1, 0.15) is 11.1 Å². The van der Waals surface area contributed by atoms with E-state index in [0.29, 0.717) is 11.6 Å². The third-order valence-corrected chi connectivity index (χ3v) is 2.39. The van der Waals surface area contributed by atoms with Gasteiger partial charge in [-0.05, 0) is 37.2 Å². The minimum absolute atomic E-state index is 0.0437. The van der Waals surface area contributed by atoms with Crippen molar-refractivity contribution < 1.29 is 9.90 Å². The van der Waals surface area contributed by atoms with Crippen LogP contribution >= 0.6 is 11.6 Å². The minimum atomic E-state index is -0.816. The second-order valence-electron chi connectivity index (χ2n) is 3.64. The average Bonchev–Trinajstić information content (AvgIpc) is 2.08. The molecule has 0 heterocycles. The maximum Gasteiger partial charge on any atom is 0.317 e. The molecule has 0 amide bonds. The number of carboxylic acid groups (broad SMARTS) is 1. The number of benzene rings is 1. The molecule has 0 aliphatic heterocycles. The number of nitrogens with zero attached hydrogens (tertiary/aromatic N) is 1. The highest BCUT2D eigenvalue weighted by Crippen LogP contribution is 2.16. The SMILES string of the molecule is Cc1cc(Cl)ccc1CN(C)CC(=O)O. The first kappa shape index (κ1) is 12.0. The van der Waals surface area contributed by atoms with Crippen LogP contribution in [0.2, 0.25) is 5.02 Å². The Hall–Kier alpha value is -1.06. The van der Waals surface area contributed by atoms with Crippen LogP contribution in [0.15, 0.2) is 18.2 Å². The van der Waals surface area contributed by atoms with E-state index in [-0.39, 0.29) is 6.54 Å². The molecule has 1 N–H and O–H groups in total. The Bertz CT molecular complexity index is 366. The third kappa shape index (κ3) is 3.90. The van der Waals surface area contributed by atoms with Gasteiger partial charge in [0, 0.05) is 11.6 Å². The fraction of sp³-hybridized carbons (Fsp3) is 0.364. The Morgan fingerprint density at radius 3 is 2.73 bits per heavy atom. The monoisotopic (exact) mass is 227 g/mol. The maximum atomic E-state index is 10.5. The Kier molecular flexibility index (Phi) is 4.12. The van der Waals surface area contributed by atoms with Crippen molar-refractivity contribution in [3.05, 3.63) is 34.3 Å². The molecular weight excluding hydrogens is 214 g/mol. The molecule has 1 rings (SSSR count). The predicted octanol–water partition coefficient (Wildman–Crippen LogP) is 2.16. The summed E-state index contributed by atoms with van der Waals surface area (Å²) in [4.78, 5) is 12.2. The summed E-state index contributed by atoms with van der Waals surface area (Å²) in [7, 11) is 1.78. The summed E-state index contributed by atoms with van der Waals surface area (Å²) >= 11 is 5.83. The van der Waals surface area contributed by atoms with Crippen molar-refractivity contribution >= 4 is 17.6 Å². The van der Waals surface area contributed by atoms with Gasteiger partial charge in [0.25, 0.3) is 0 Å². The van der Waals surface area contributed by atoms with Crippen LogP contribution in [0.25, 0.3) is 0 Å². The van der Waals surface area contributed by atoms with Crippen LogP contribution in [0.5, 0.6) is 0 Å². The summed E-state index contributed by atoms with van der Waals surface area (Å²) in [5, 5.41) is 9.32. The van der Waals surface area contributed by atoms with Crippen molar-refractivity contribution in [3.8, 4) is 0 Å². The molecule has 0 aliphatic rings. The third-order valence-electron chi connectivity index (χ3n) is 2.15. The largest absolute Gasteiger partial charge is 0.480 e. The summed E-state index contributed by atoms with van der Waals surface area (Å²) in [6, 6.07) is 5.63. The van der Waals surface area contributed by atoms with E-state index in [4.69, 9.17) is 16.7 Å². The first-order chi connectivity index (χ1) is 6.99. The predicted molar refractivity (Wildman–Crippen MR) is 60.2 cm³/mol. The van der Waals surface area contributed by atoms with Gasteiger partial charge in [-0.25, -0.2) is 0 Å². The maximum absolute atomic E-state index is 10.5. The van der Waals surface area contributed by atoms with Crippen LogP contribution in [-0.4, -0.2) is 29.6 Å². The standard InChI is InChI=1S/C11H14ClNO2/c1-8-5-10(12)4-3-9(8)6-13(2)7-11(14)15/h3-5H,6-7H2,1-2H3,(H,14,15). The van der Waals surface area contributed by atoms with Crippen LogP contribution < -0.4 is 0 Å². The van der Waals surface area contributed by atoms with E-state index in [9.17, 15) is 4.79 Å². The summed E-state index contributed by atoms with van der Waals surface area (Å²) in [5.41, 5.74) is 2.18. The molecule has 0 aromatic heterocycles. The van der Waals surface area contributed by atoms with Gasteiger partial charge >= 0.3 is 5.97 Å². The number of carboxylic acids is 1. The highest BCUT2D eigenvalue weighted by molar-refractivity contribution is 6.30. The van der Waals surface area contributed by atoms with Crippen molar-refractivity contribution in [1.29, 1.82) is 0 Å². The van der Waals surface area contributed by atoms with Gasteiger partial charge in [-0.1, -0.05) is 17.7 Å². The van der Waals surface area contributed by atoms with E-state index < -0.39 is 5.97 Å². The molecule has 0 aliphatic carbocycles. The van der Waals surface area contributed by atoms with E-state index in [1.807, 2.05) is 25.1 Å². The molecule has 0 bridgehead atoms. The number of halogens is 1. The second-order valence-corrected chi connectivity index (χ2v) is 4.07. The lowest BCUT2D eigenvalue weighted by Crippen LogP contribution is -2.25. The van der Waals surface area contributed by atoms with Crippen molar-refractivity contribution in [1.82, 2.24) is 4.90 Å². The van der Waals surface area contributed by atoms with E-state index in [1.54, 1.807) is 11.9 Å². The van der Waals surface area contributed by atoms with Gasteiger partial charge in [0.2, 0.25) is 0 Å². The van der Waals surface area contributed by atoms with Crippen LogP contribution in [-0.2, 0) is 11.3 Å². The number of aryl methyl sites for hydroxylation is 1. The van der Waals surface area contributed by atoms with Gasteiger partial charge < -0.3 is 5.11 Å². The number of hydrogen-bond donors (Lipinski definition) is 1. The fourth-order valence-corrected chi connectivity index (χ4v) is 1.64. The highest BCUT2D eigenvalue weighted by atomic mass is 35.5. The van der Waals surface area contributed by atoms with Gasteiger partial charge in [-0.2, -0.15) is 0 Å². The van der Waals surface area contributed by atoms with Crippen LogP contribution in [0.4, 0.5) is 0 Å². The molecule has 1 aromatic carbocycles. The molecule has 0 fully saturated rings. The molecular formula is C11H14ClNO2. The van der Waals surface area contributed by atoms with Gasteiger partial charge in [-0.3, -0.25) is 9.69 Å². The number of aliphatic carboxylic acids is 1. The van der Waals surface area contributed by atoms with Gasteiger partial charge in [0.05, 0.1) is 6.54 Å².